The molecular weight excluding hydrogens is 426 g/mol. The number of aliphatic hydroxyl groups is 1. The maximum absolute atomic E-state index is 13.5. The number of amides is 1. The highest BCUT2D eigenvalue weighted by molar-refractivity contribution is 6.05. The summed E-state index contributed by atoms with van der Waals surface area (Å²) in [5, 5.41) is 12.9. The van der Waals surface area contributed by atoms with E-state index >= 15 is 0 Å². The van der Waals surface area contributed by atoms with Crippen LogP contribution in [0.15, 0.2) is 48.7 Å². The Balaban J connectivity index is 1.31. The molecule has 2 fully saturated rings. The first-order valence-electron chi connectivity index (χ1n) is 12.5. The van der Waals surface area contributed by atoms with Crippen LogP contribution in [0, 0.1) is 0 Å². The van der Waals surface area contributed by atoms with Gasteiger partial charge in [-0.2, -0.15) is 0 Å². The van der Waals surface area contributed by atoms with E-state index in [0.717, 1.165) is 91.9 Å². The van der Waals surface area contributed by atoms with Gasteiger partial charge in [0.2, 0.25) is 0 Å². The number of rotatable bonds is 4. The number of hydrogen-bond acceptors (Lipinski definition) is 5. The minimum absolute atomic E-state index is 0.0637. The summed E-state index contributed by atoms with van der Waals surface area (Å²) in [6.07, 6.45) is 6.04. The molecule has 2 aliphatic heterocycles. The smallest absolute Gasteiger partial charge is 0.254 e. The number of nitrogens with zero attached hydrogens (tertiary/aromatic N) is 3. The fourth-order valence-electron chi connectivity index (χ4n) is 5.86. The van der Waals surface area contributed by atoms with E-state index in [1.165, 1.54) is 5.39 Å². The number of aromatic nitrogens is 1. The summed E-state index contributed by atoms with van der Waals surface area (Å²) in [6.45, 7) is 3.82. The molecule has 2 aromatic carbocycles. The largest absolute Gasteiger partial charge is 0.391 e. The van der Waals surface area contributed by atoms with Gasteiger partial charge in [0.15, 0.2) is 0 Å². The van der Waals surface area contributed by atoms with Crippen LogP contribution in [0.1, 0.15) is 52.7 Å². The van der Waals surface area contributed by atoms with Crippen molar-refractivity contribution in [1.82, 2.24) is 9.88 Å². The molecule has 1 aromatic heterocycles. The highest BCUT2D eigenvalue weighted by Gasteiger charge is 2.38. The Morgan fingerprint density at radius 2 is 1.82 bits per heavy atom. The SMILES string of the molecule is O=C1c2cc(Cc3ccc(N4CCOCC4)nc3)c3ccccc3c2CN1[C@H]1CCCC[C@@H]1O. The van der Waals surface area contributed by atoms with Gasteiger partial charge in [0.25, 0.3) is 5.91 Å². The molecule has 3 aliphatic rings. The van der Waals surface area contributed by atoms with Crippen LogP contribution in [0.2, 0.25) is 0 Å². The molecule has 1 aliphatic carbocycles. The van der Waals surface area contributed by atoms with Crippen molar-refractivity contribution >= 4 is 22.5 Å². The van der Waals surface area contributed by atoms with Gasteiger partial charge in [-0.15, -0.1) is 0 Å². The third-order valence-electron chi connectivity index (χ3n) is 7.69. The Morgan fingerprint density at radius 3 is 2.59 bits per heavy atom. The zero-order valence-corrected chi connectivity index (χ0v) is 19.4. The quantitative estimate of drug-likeness (QED) is 0.643. The molecule has 1 amide bonds. The molecule has 0 unspecified atom stereocenters. The second-order valence-corrected chi connectivity index (χ2v) is 9.76. The van der Waals surface area contributed by atoms with E-state index < -0.39 is 6.10 Å². The number of aliphatic hydroxyl groups excluding tert-OH is 1. The predicted molar refractivity (Wildman–Crippen MR) is 132 cm³/mol. The lowest BCUT2D eigenvalue weighted by atomic mass is 9.91. The van der Waals surface area contributed by atoms with Gasteiger partial charge in [0, 0.05) is 31.4 Å². The second kappa shape index (κ2) is 9.01. The van der Waals surface area contributed by atoms with E-state index in [1.54, 1.807) is 0 Å². The Kier molecular flexibility index (Phi) is 5.71. The van der Waals surface area contributed by atoms with Crippen molar-refractivity contribution in [3.63, 3.8) is 0 Å². The number of carbonyl (C=O) groups is 1. The number of fused-ring (bicyclic) bond motifs is 3. The summed E-state index contributed by atoms with van der Waals surface area (Å²) in [6, 6.07) is 14.7. The van der Waals surface area contributed by atoms with Crippen molar-refractivity contribution in [3.05, 3.63) is 70.9 Å². The van der Waals surface area contributed by atoms with Crippen LogP contribution in [0.5, 0.6) is 0 Å². The maximum Gasteiger partial charge on any atom is 0.254 e. The first-order valence-corrected chi connectivity index (χ1v) is 12.5. The van der Waals surface area contributed by atoms with Gasteiger partial charge in [0.1, 0.15) is 5.82 Å². The third-order valence-corrected chi connectivity index (χ3v) is 7.69. The molecule has 6 rings (SSSR count). The van der Waals surface area contributed by atoms with Gasteiger partial charge in [-0.25, -0.2) is 4.98 Å². The fraction of sp³-hybridized carbons (Fsp3) is 0.429. The summed E-state index contributed by atoms with van der Waals surface area (Å²) >= 11 is 0. The van der Waals surface area contributed by atoms with Gasteiger partial charge in [-0.3, -0.25) is 4.79 Å². The second-order valence-electron chi connectivity index (χ2n) is 9.76. The number of pyridine rings is 1. The van der Waals surface area contributed by atoms with Crippen molar-refractivity contribution < 1.29 is 14.6 Å². The van der Waals surface area contributed by atoms with Crippen molar-refractivity contribution in [3.8, 4) is 0 Å². The molecule has 1 saturated carbocycles. The molecule has 0 radical (unpaired) electrons. The van der Waals surface area contributed by atoms with E-state index in [1.807, 2.05) is 17.2 Å². The molecule has 1 N–H and O–H groups in total. The molecule has 176 valence electrons. The molecule has 0 spiro atoms. The van der Waals surface area contributed by atoms with Gasteiger partial charge in [-0.1, -0.05) is 43.2 Å². The molecule has 0 bridgehead atoms. The van der Waals surface area contributed by atoms with E-state index in [-0.39, 0.29) is 11.9 Å². The van der Waals surface area contributed by atoms with E-state index in [9.17, 15) is 9.90 Å². The van der Waals surface area contributed by atoms with Gasteiger partial charge in [0.05, 0.1) is 25.4 Å². The molecule has 2 atom stereocenters. The minimum Gasteiger partial charge on any atom is -0.391 e. The van der Waals surface area contributed by atoms with Gasteiger partial charge >= 0.3 is 0 Å². The van der Waals surface area contributed by atoms with Crippen LogP contribution in [0.4, 0.5) is 5.82 Å². The van der Waals surface area contributed by atoms with Crippen molar-refractivity contribution in [2.75, 3.05) is 31.2 Å². The fourth-order valence-corrected chi connectivity index (χ4v) is 5.86. The molecule has 6 nitrogen and oxygen atoms in total. The number of morpholine rings is 1. The van der Waals surface area contributed by atoms with Crippen LogP contribution in [-0.2, 0) is 17.7 Å². The average molecular weight is 458 g/mol. The van der Waals surface area contributed by atoms with Gasteiger partial charge in [-0.05, 0) is 58.9 Å². The normalized spacial score (nSPS) is 22.9. The van der Waals surface area contributed by atoms with Crippen molar-refractivity contribution in [2.45, 2.75) is 50.8 Å². The number of hydrogen-bond donors (Lipinski definition) is 1. The zero-order valence-electron chi connectivity index (χ0n) is 19.4. The zero-order chi connectivity index (χ0) is 23.1. The monoisotopic (exact) mass is 457 g/mol. The Labute approximate surface area is 200 Å². The van der Waals surface area contributed by atoms with E-state index in [2.05, 4.69) is 41.3 Å². The first kappa shape index (κ1) is 21.6. The summed E-state index contributed by atoms with van der Waals surface area (Å²) in [7, 11) is 0. The first-order chi connectivity index (χ1) is 16.7. The molecule has 1 saturated heterocycles. The summed E-state index contributed by atoms with van der Waals surface area (Å²) in [5.74, 6) is 1.05. The lowest BCUT2D eigenvalue weighted by molar-refractivity contribution is 0.0192. The van der Waals surface area contributed by atoms with Crippen LogP contribution < -0.4 is 4.90 Å². The predicted octanol–water partition coefficient (Wildman–Crippen LogP) is 3.92. The van der Waals surface area contributed by atoms with Gasteiger partial charge < -0.3 is 19.6 Å². The lowest BCUT2D eigenvalue weighted by Crippen LogP contribution is -2.45. The Hall–Kier alpha value is -2.96. The molecule has 34 heavy (non-hydrogen) atoms. The average Bonchev–Trinajstić information content (AvgIpc) is 3.21. The Morgan fingerprint density at radius 1 is 1.03 bits per heavy atom. The third kappa shape index (κ3) is 3.85. The summed E-state index contributed by atoms with van der Waals surface area (Å²) < 4.78 is 5.45. The molecule has 3 aromatic rings. The molecule has 6 heteroatoms. The standard InChI is InChI=1S/C28H31N3O3/c32-26-8-4-3-7-25(26)31-18-24-22-6-2-1-5-21(22)20(16-23(24)28(31)33)15-19-9-10-27(29-17-19)30-11-13-34-14-12-30/h1-2,5-6,9-10,16-17,25-26,32H,3-4,7-8,11-15,18H2/t25-,26-/m0/s1. The number of ether oxygens (including phenoxy) is 1. The minimum atomic E-state index is -0.422. The van der Waals surface area contributed by atoms with E-state index in [4.69, 9.17) is 9.72 Å². The maximum atomic E-state index is 13.5. The Bertz CT molecular complexity index is 1200. The van der Waals surface area contributed by atoms with Crippen molar-refractivity contribution in [2.24, 2.45) is 0 Å². The number of anilines is 1. The van der Waals surface area contributed by atoms with E-state index in [0.29, 0.717) is 6.54 Å². The summed E-state index contributed by atoms with van der Waals surface area (Å²) in [4.78, 5) is 22.4. The van der Waals surface area contributed by atoms with Crippen molar-refractivity contribution in [1.29, 1.82) is 0 Å². The molecule has 3 heterocycles. The van der Waals surface area contributed by atoms with Crippen LogP contribution >= 0.6 is 0 Å². The van der Waals surface area contributed by atoms with Crippen LogP contribution in [0.25, 0.3) is 10.8 Å². The number of benzene rings is 2. The van der Waals surface area contributed by atoms with Crippen LogP contribution in [-0.4, -0.2) is 59.3 Å². The highest BCUT2D eigenvalue weighted by atomic mass is 16.5. The highest BCUT2D eigenvalue weighted by Crippen LogP contribution is 2.37. The topological polar surface area (TPSA) is 65.9 Å². The molecular formula is C28H31N3O3. The summed E-state index contributed by atoms with van der Waals surface area (Å²) in [5.41, 5.74) is 4.18. The lowest BCUT2D eigenvalue weighted by Gasteiger charge is -2.35. The van der Waals surface area contributed by atoms with Crippen LogP contribution in [0.3, 0.4) is 0 Å². The number of carbonyl (C=O) groups excluding carboxylic acids is 1.